The quantitative estimate of drug-likeness (QED) is 0.781. The minimum absolute atomic E-state index is 0.220. The molecule has 0 aromatic heterocycles. The van der Waals surface area contributed by atoms with Crippen molar-refractivity contribution in [2.24, 2.45) is 5.92 Å². The van der Waals surface area contributed by atoms with E-state index in [9.17, 15) is 13.2 Å². The maximum absolute atomic E-state index is 13.1. The molecule has 1 atom stereocenters. The fourth-order valence-electron chi connectivity index (χ4n) is 4.98. The maximum atomic E-state index is 13.1. The molecule has 1 N–H and O–H groups in total. The molecule has 0 unspecified atom stereocenters. The predicted molar refractivity (Wildman–Crippen MR) is 112 cm³/mol. The highest BCUT2D eigenvalue weighted by molar-refractivity contribution is 7.89. The number of likely N-dealkylation sites (tertiary alicyclic amines) is 1. The maximum Gasteiger partial charge on any atom is 0.277 e. The highest BCUT2D eigenvalue weighted by Gasteiger charge is 2.33. The number of piperidine rings is 1. The zero-order chi connectivity index (χ0) is 20.4. The number of nitrogens with one attached hydrogen (secondary N) is 1. The molecular formula is C22H34N3O3S+. The van der Waals surface area contributed by atoms with Crippen LogP contribution in [0.2, 0.25) is 0 Å². The van der Waals surface area contributed by atoms with Crippen molar-refractivity contribution in [1.29, 1.82) is 0 Å². The molecule has 4 rings (SSSR count). The second kappa shape index (κ2) is 8.74. The van der Waals surface area contributed by atoms with Crippen molar-refractivity contribution >= 4 is 15.9 Å². The van der Waals surface area contributed by atoms with Crippen LogP contribution in [0.3, 0.4) is 0 Å². The second-order valence-electron chi connectivity index (χ2n) is 9.06. The Morgan fingerprint density at radius 3 is 2.52 bits per heavy atom. The Labute approximate surface area is 174 Å². The van der Waals surface area contributed by atoms with Crippen molar-refractivity contribution in [2.75, 3.05) is 45.8 Å². The van der Waals surface area contributed by atoms with Crippen LogP contribution < -0.4 is 4.90 Å². The molecule has 0 saturated carbocycles. The molecule has 6 nitrogen and oxygen atoms in total. The molecule has 1 amide bonds. The number of rotatable bonds is 4. The van der Waals surface area contributed by atoms with Crippen LogP contribution in [0.15, 0.2) is 23.1 Å². The molecule has 1 aromatic carbocycles. The van der Waals surface area contributed by atoms with E-state index in [0.29, 0.717) is 43.5 Å². The highest BCUT2D eigenvalue weighted by atomic mass is 32.2. The van der Waals surface area contributed by atoms with E-state index in [2.05, 4.69) is 6.92 Å². The largest absolute Gasteiger partial charge is 0.338 e. The number of carbonyl (C=O) groups is 1. The summed E-state index contributed by atoms with van der Waals surface area (Å²) in [5, 5.41) is 0. The van der Waals surface area contributed by atoms with Crippen LogP contribution in [0.5, 0.6) is 0 Å². The van der Waals surface area contributed by atoms with Crippen molar-refractivity contribution in [3.63, 3.8) is 0 Å². The number of sulfonamides is 1. The second-order valence-corrected chi connectivity index (χ2v) is 11.0. The van der Waals surface area contributed by atoms with E-state index in [0.717, 1.165) is 38.8 Å². The first-order valence-electron chi connectivity index (χ1n) is 11.2. The number of aryl methyl sites for hydroxylation is 2. The van der Waals surface area contributed by atoms with E-state index >= 15 is 0 Å². The first kappa shape index (κ1) is 20.8. The molecule has 1 aromatic rings. The van der Waals surface area contributed by atoms with Crippen LogP contribution in [0, 0.1) is 5.92 Å². The van der Waals surface area contributed by atoms with Crippen molar-refractivity contribution in [2.45, 2.75) is 50.3 Å². The van der Waals surface area contributed by atoms with Crippen LogP contribution in [0.4, 0.5) is 0 Å². The van der Waals surface area contributed by atoms with Crippen molar-refractivity contribution in [1.82, 2.24) is 9.21 Å². The molecule has 3 aliphatic rings. The number of amides is 1. The summed E-state index contributed by atoms with van der Waals surface area (Å²) in [6.45, 7) is 6.78. The van der Waals surface area contributed by atoms with Gasteiger partial charge in [0.25, 0.3) is 5.91 Å². The molecule has 160 valence electrons. The summed E-state index contributed by atoms with van der Waals surface area (Å²) in [6, 6.07) is 5.67. The first-order valence-corrected chi connectivity index (χ1v) is 12.6. The molecule has 29 heavy (non-hydrogen) atoms. The first-order chi connectivity index (χ1) is 13.9. The minimum Gasteiger partial charge on any atom is -0.338 e. The van der Waals surface area contributed by atoms with E-state index < -0.39 is 10.0 Å². The highest BCUT2D eigenvalue weighted by Crippen LogP contribution is 2.25. The van der Waals surface area contributed by atoms with Gasteiger partial charge >= 0.3 is 0 Å². The SMILES string of the molecule is C[C@H]1CCCN(C(=O)C[NH+]2CCN(S(=O)(=O)c3ccc4c(c3)CCCC4)CC2)C1. The van der Waals surface area contributed by atoms with Gasteiger partial charge in [-0.05, 0) is 67.7 Å². The summed E-state index contributed by atoms with van der Waals surface area (Å²) in [4.78, 5) is 16.2. The molecule has 2 saturated heterocycles. The Bertz CT molecular complexity index is 847. The molecule has 2 aliphatic heterocycles. The summed E-state index contributed by atoms with van der Waals surface area (Å²) in [6.07, 6.45) is 6.67. The molecule has 7 heteroatoms. The number of carbonyl (C=O) groups excluding carboxylic acids is 1. The average Bonchev–Trinajstić information content (AvgIpc) is 2.74. The number of quaternary nitrogens is 1. The number of piperazine rings is 1. The summed E-state index contributed by atoms with van der Waals surface area (Å²) in [5.41, 5.74) is 2.50. The van der Waals surface area contributed by atoms with Gasteiger partial charge in [0.1, 0.15) is 0 Å². The van der Waals surface area contributed by atoms with Gasteiger partial charge in [-0.25, -0.2) is 8.42 Å². The molecule has 1 aliphatic carbocycles. The van der Waals surface area contributed by atoms with Gasteiger partial charge in [0.05, 0.1) is 31.1 Å². The Morgan fingerprint density at radius 1 is 1.07 bits per heavy atom. The number of hydrogen-bond acceptors (Lipinski definition) is 3. The van der Waals surface area contributed by atoms with Crippen molar-refractivity contribution in [3.05, 3.63) is 29.3 Å². The third-order valence-corrected chi connectivity index (χ3v) is 8.69. The Hall–Kier alpha value is -1.44. The summed E-state index contributed by atoms with van der Waals surface area (Å²) < 4.78 is 27.9. The Kier molecular flexibility index (Phi) is 6.27. The fraction of sp³-hybridized carbons (Fsp3) is 0.682. The van der Waals surface area contributed by atoms with Gasteiger partial charge in [-0.2, -0.15) is 4.31 Å². The number of fused-ring (bicyclic) bond motifs is 1. The van der Waals surface area contributed by atoms with Gasteiger partial charge in [0.15, 0.2) is 6.54 Å². The van der Waals surface area contributed by atoms with Crippen LogP contribution in [-0.4, -0.2) is 69.3 Å². The minimum atomic E-state index is -3.45. The molecule has 0 spiro atoms. The van der Waals surface area contributed by atoms with Crippen LogP contribution in [-0.2, 0) is 27.7 Å². The zero-order valence-electron chi connectivity index (χ0n) is 17.5. The van der Waals surface area contributed by atoms with Gasteiger partial charge in [-0.3, -0.25) is 4.79 Å². The van der Waals surface area contributed by atoms with Gasteiger partial charge in [-0.15, -0.1) is 0 Å². The van der Waals surface area contributed by atoms with Gasteiger partial charge in [0, 0.05) is 13.1 Å². The standard InChI is InChI=1S/C22H33N3O3S/c1-18-5-4-10-24(16-18)22(26)17-23-11-13-25(14-12-23)29(27,28)21-9-8-19-6-2-3-7-20(19)15-21/h8-9,15,18H,2-7,10-14,16-17H2,1H3/p+1/t18-/m0/s1. The summed E-state index contributed by atoms with van der Waals surface area (Å²) >= 11 is 0. The van der Waals surface area contributed by atoms with E-state index in [-0.39, 0.29) is 5.91 Å². The smallest absolute Gasteiger partial charge is 0.277 e. The van der Waals surface area contributed by atoms with Crippen LogP contribution >= 0.6 is 0 Å². The van der Waals surface area contributed by atoms with Gasteiger partial charge < -0.3 is 9.80 Å². The van der Waals surface area contributed by atoms with E-state index in [1.165, 1.54) is 28.9 Å². The summed E-state index contributed by atoms with van der Waals surface area (Å²) in [5.74, 6) is 0.804. The number of benzene rings is 1. The molecule has 0 radical (unpaired) electrons. The monoisotopic (exact) mass is 420 g/mol. The van der Waals surface area contributed by atoms with E-state index in [1.54, 1.807) is 10.4 Å². The van der Waals surface area contributed by atoms with Crippen molar-refractivity contribution < 1.29 is 18.1 Å². The van der Waals surface area contributed by atoms with Crippen LogP contribution in [0.25, 0.3) is 0 Å². The normalized spacial score (nSPS) is 24.3. The average molecular weight is 421 g/mol. The molecule has 2 heterocycles. The lowest BCUT2D eigenvalue weighted by Crippen LogP contribution is -3.15. The lowest BCUT2D eigenvalue weighted by atomic mass is 9.92. The number of hydrogen-bond donors (Lipinski definition) is 1. The molecular weight excluding hydrogens is 386 g/mol. The topological polar surface area (TPSA) is 62.1 Å². The number of nitrogens with zero attached hydrogens (tertiary/aromatic N) is 2. The van der Waals surface area contributed by atoms with E-state index in [1.807, 2.05) is 17.0 Å². The molecule has 0 bridgehead atoms. The van der Waals surface area contributed by atoms with Crippen molar-refractivity contribution in [3.8, 4) is 0 Å². The molecule has 2 fully saturated rings. The van der Waals surface area contributed by atoms with Gasteiger partial charge in [0.2, 0.25) is 10.0 Å². The fourth-order valence-corrected chi connectivity index (χ4v) is 6.47. The zero-order valence-corrected chi connectivity index (χ0v) is 18.3. The van der Waals surface area contributed by atoms with E-state index in [4.69, 9.17) is 0 Å². The lowest BCUT2D eigenvalue weighted by Gasteiger charge is -2.34. The van der Waals surface area contributed by atoms with Gasteiger partial charge in [-0.1, -0.05) is 13.0 Å². The predicted octanol–water partition coefficient (Wildman–Crippen LogP) is 0.713. The third-order valence-electron chi connectivity index (χ3n) is 6.80. The Balaban J connectivity index is 1.34. The van der Waals surface area contributed by atoms with Crippen LogP contribution in [0.1, 0.15) is 43.7 Å². The summed E-state index contributed by atoms with van der Waals surface area (Å²) in [7, 11) is -3.45. The third kappa shape index (κ3) is 4.67. The lowest BCUT2D eigenvalue weighted by molar-refractivity contribution is -0.896. The Morgan fingerprint density at radius 2 is 1.79 bits per heavy atom.